The first-order chi connectivity index (χ1) is 13.9. The molecule has 0 saturated carbocycles. The zero-order valence-electron chi connectivity index (χ0n) is 15.1. The van der Waals surface area contributed by atoms with Gasteiger partial charge in [-0.3, -0.25) is 4.79 Å². The lowest BCUT2D eigenvalue weighted by atomic mass is 10.0. The molecular formula is C20H16N4O3S2. The van der Waals surface area contributed by atoms with Crippen molar-refractivity contribution in [3.63, 3.8) is 0 Å². The van der Waals surface area contributed by atoms with E-state index < -0.39 is 15.7 Å². The number of benzene rings is 2. The number of nitrogen functional groups attached to an aromatic ring is 1. The zero-order valence-corrected chi connectivity index (χ0v) is 16.7. The van der Waals surface area contributed by atoms with Gasteiger partial charge in [0.25, 0.3) is 0 Å². The number of hydrogen-bond donors (Lipinski definition) is 2. The van der Waals surface area contributed by atoms with Gasteiger partial charge in [-0.25, -0.2) is 18.4 Å². The molecular weight excluding hydrogens is 408 g/mol. The lowest BCUT2D eigenvalue weighted by Gasteiger charge is -2.13. The van der Waals surface area contributed by atoms with Crippen molar-refractivity contribution in [1.29, 1.82) is 0 Å². The molecule has 0 aliphatic heterocycles. The smallest absolute Gasteiger partial charge is 0.224 e. The Morgan fingerprint density at radius 3 is 2.52 bits per heavy atom. The zero-order chi connectivity index (χ0) is 20.6. The maximum Gasteiger partial charge on any atom is 0.224 e. The summed E-state index contributed by atoms with van der Waals surface area (Å²) >= 11 is 1.33. The van der Waals surface area contributed by atoms with Gasteiger partial charge in [-0.1, -0.05) is 30.3 Å². The Morgan fingerprint density at radius 2 is 1.79 bits per heavy atom. The van der Waals surface area contributed by atoms with Crippen LogP contribution in [0.25, 0.3) is 21.3 Å². The number of carbonyl (C=O) groups excluding carboxylic acids is 1. The molecule has 0 saturated heterocycles. The number of hydrogen-bond acceptors (Lipinski definition) is 7. The van der Waals surface area contributed by atoms with E-state index in [-0.39, 0.29) is 27.6 Å². The molecule has 0 fully saturated rings. The topological polar surface area (TPSA) is 129 Å². The molecule has 4 N–H and O–H groups in total. The predicted octanol–water partition coefficient (Wildman–Crippen LogP) is 2.80. The Kier molecular flexibility index (Phi) is 4.77. The number of sulfone groups is 1. The molecule has 146 valence electrons. The van der Waals surface area contributed by atoms with Crippen LogP contribution in [0.2, 0.25) is 0 Å². The lowest BCUT2D eigenvalue weighted by Crippen LogP contribution is -2.13. The van der Waals surface area contributed by atoms with Gasteiger partial charge in [0, 0.05) is 23.0 Å². The molecule has 0 spiro atoms. The van der Waals surface area contributed by atoms with Crippen molar-refractivity contribution in [3.05, 3.63) is 65.8 Å². The molecule has 1 amide bonds. The molecule has 0 unspecified atom stereocenters. The SMILES string of the molecule is NC(=O)Cc1nc2c(-c3c(N)ccnc3S(=O)(=O)c3ccccc3)cccc2s1. The average molecular weight is 425 g/mol. The summed E-state index contributed by atoms with van der Waals surface area (Å²) in [6.45, 7) is 0. The molecule has 29 heavy (non-hydrogen) atoms. The average Bonchev–Trinajstić information content (AvgIpc) is 3.10. The summed E-state index contributed by atoms with van der Waals surface area (Å²) in [6.07, 6.45) is 1.38. The fourth-order valence-corrected chi connectivity index (χ4v) is 5.50. The van der Waals surface area contributed by atoms with Crippen LogP contribution in [0.1, 0.15) is 5.01 Å². The highest BCUT2D eigenvalue weighted by Gasteiger charge is 2.26. The summed E-state index contributed by atoms with van der Waals surface area (Å²) in [6, 6.07) is 15.0. The standard InChI is InChI=1S/C20H16N4O3S2/c21-14-9-10-23-20(29(26,27)12-5-2-1-3-6-12)18(14)13-7-4-8-15-19(13)24-17(28-15)11-16(22)25/h1-10H,11H2,(H2,21,23)(H2,22,25). The summed E-state index contributed by atoms with van der Waals surface area (Å²) < 4.78 is 27.3. The van der Waals surface area contributed by atoms with E-state index in [2.05, 4.69) is 9.97 Å². The van der Waals surface area contributed by atoms with E-state index in [1.165, 1.54) is 29.7 Å². The van der Waals surface area contributed by atoms with Crippen molar-refractivity contribution in [2.24, 2.45) is 5.73 Å². The number of fused-ring (bicyclic) bond motifs is 1. The first kappa shape index (κ1) is 19.0. The maximum atomic E-state index is 13.3. The number of carbonyl (C=O) groups is 1. The van der Waals surface area contributed by atoms with Crippen molar-refractivity contribution in [2.45, 2.75) is 16.3 Å². The number of nitrogens with zero attached hydrogens (tertiary/aromatic N) is 2. The van der Waals surface area contributed by atoms with Crippen LogP contribution >= 0.6 is 11.3 Å². The highest BCUT2D eigenvalue weighted by atomic mass is 32.2. The third-order valence-electron chi connectivity index (χ3n) is 4.31. The van der Waals surface area contributed by atoms with Gasteiger partial charge in [-0.05, 0) is 24.3 Å². The molecule has 0 atom stereocenters. The highest BCUT2D eigenvalue weighted by Crippen LogP contribution is 2.39. The van der Waals surface area contributed by atoms with Crippen LogP contribution in [0.4, 0.5) is 5.69 Å². The van der Waals surface area contributed by atoms with E-state index in [1.54, 1.807) is 36.4 Å². The van der Waals surface area contributed by atoms with Crippen LogP contribution in [-0.4, -0.2) is 24.3 Å². The normalized spacial score (nSPS) is 11.6. The first-order valence-electron chi connectivity index (χ1n) is 8.59. The number of rotatable bonds is 5. The summed E-state index contributed by atoms with van der Waals surface area (Å²) in [5.74, 6) is -0.487. The number of thiazole rings is 1. The Morgan fingerprint density at radius 1 is 1.03 bits per heavy atom. The predicted molar refractivity (Wildman–Crippen MR) is 112 cm³/mol. The van der Waals surface area contributed by atoms with Gasteiger partial charge in [0.05, 0.1) is 21.5 Å². The molecule has 2 heterocycles. The molecule has 2 aromatic heterocycles. The molecule has 0 bridgehead atoms. The lowest BCUT2D eigenvalue weighted by molar-refractivity contribution is -0.117. The van der Waals surface area contributed by atoms with Crippen molar-refractivity contribution < 1.29 is 13.2 Å². The molecule has 4 aromatic rings. The molecule has 0 radical (unpaired) electrons. The molecule has 2 aromatic carbocycles. The number of anilines is 1. The van der Waals surface area contributed by atoms with E-state index in [0.29, 0.717) is 16.1 Å². The summed E-state index contributed by atoms with van der Waals surface area (Å²) in [5.41, 5.74) is 13.1. The second-order valence-corrected chi connectivity index (χ2v) is 9.28. The number of para-hydroxylation sites is 1. The minimum Gasteiger partial charge on any atom is -0.398 e. The van der Waals surface area contributed by atoms with Crippen LogP contribution in [-0.2, 0) is 21.1 Å². The molecule has 9 heteroatoms. The quantitative estimate of drug-likeness (QED) is 0.507. The third kappa shape index (κ3) is 3.45. The fraction of sp³-hybridized carbons (Fsp3) is 0.0500. The summed E-state index contributed by atoms with van der Waals surface area (Å²) in [7, 11) is -3.91. The van der Waals surface area contributed by atoms with Gasteiger partial charge in [0.15, 0.2) is 5.03 Å². The molecule has 0 aliphatic rings. The fourth-order valence-electron chi connectivity index (χ4n) is 3.06. The summed E-state index contributed by atoms with van der Waals surface area (Å²) in [5, 5.41) is 0.413. The van der Waals surface area contributed by atoms with Crippen molar-refractivity contribution in [3.8, 4) is 11.1 Å². The van der Waals surface area contributed by atoms with Gasteiger partial charge < -0.3 is 11.5 Å². The Balaban J connectivity index is 1.98. The largest absolute Gasteiger partial charge is 0.398 e. The van der Waals surface area contributed by atoms with Gasteiger partial charge in [0.1, 0.15) is 5.01 Å². The van der Waals surface area contributed by atoms with Gasteiger partial charge in [-0.2, -0.15) is 0 Å². The van der Waals surface area contributed by atoms with Crippen molar-refractivity contribution >= 4 is 43.0 Å². The molecule has 4 rings (SSSR count). The maximum absolute atomic E-state index is 13.3. The number of amides is 1. The van der Waals surface area contributed by atoms with E-state index in [9.17, 15) is 13.2 Å². The van der Waals surface area contributed by atoms with Gasteiger partial charge >= 0.3 is 0 Å². The van der Waals surface area contributed by atoms with Crippen LogP contribution < -0.4 is 11.5 Å². The monoisotopic (exact) mass is 424 g/mol. The highest BCUT2D eigenvalue weighted by molar-refractivity contribution is 7.91. The second-order valence-electron chi connectivity index (χ2n) is 6.30. The van der Waals surface area contributed by atoms with Crippen LogP contribution in [0, 0.1) is 0 Å². The van der Waals surface area contributed by atoms with Crippen LogP contribution in [0.15, 0.2) is 70.7 Å². The number of aromatic nitrogens is 2. The van der Waals surface area contributed by atoms with E-state index in [1.807, 2.05) is 6.07 Å². The van der Waals surface area contributed by atoms with Gasteiger partial charge in [0.2, 0.25) is 15.7 Å². The molecule has 0 aliphatic carbocycles. The first-order valence-corrected chi connectivity index (χ1v) is 10.9. The van der Waals surface area contributed by atoms with Crippen molar-refractivity contribution in [2.75, 3.05) is 5.73 Å². The Bertz CT molecular complexity index is 1330. The third-order valence-corrected chi connectivity index (χ3v) is 7.05. The number of primary amides is 1. The summed E-state index contributed by atoms with van der Waals surface area (Å²) in [4.78, 5) is 20.1. The van der Waals surface area contributed by atoms with E-state index in [0.717, 1.165) is 4.70 Å². The Hall–Kier alpha value is -3.30. The second kappa shape index (κ2) is 7.26. The van der Waals surface area contributed by atoms with E-state index in [4.69, 9.17) is 11.5 Å². The molecule has 7 nitrogen and oxygen atoms in total. The Labute approximate surface area is 171 Å². The van der Waals surface area contributed by atoms with Gasteiger partial charge in [-0.15, -0.1) is 11.3 Å². The van der Waals surface area contributed by atoms with Crippen LogP contribution in [0.3, 0.4) is 0 Å². The van der Waals surface area contributed by atoms with Crippen molar-refractivity contribution in [1.82, 2.24) is 9.97 Å². The number of pyridine rings is 1. The minimum absolute atomic E-state index is 0.0104. The number of nitrogens with two attached hydrogens (primary N) is 2. The van der Waals surface area contributed by atoms with E-state index >= 15 is 0 Å². The minimum atomic E-state index is -3.91. The van der Waals surface area contributed by atoms with Crippen LogP contribution in [0.5, 0.6) is 0 Å².